The molecule has 0 aromatic carbocycles. The highest BCUT2D eigenvalue weighted by molar-refractivity contribution is 7.71. The summed E-state index contributed by atoms with van der Waals surface area (Å²) in [5, 5.41) is 2.47. The third-order valence-electron chi connectivity index (χ3n) is 3.27. The van der Waals surface area contributed by atoms with Gasteiger partial charge in [-0.3, -0.25) is 14.2 Å². The maximum Gasteiger partial charge on any atom is 0.263 e. The number of rotatable bonds is 5. The maximum absolute atomic E-state index is 12.3. The first-order chi connectivity index (χ1) is 9.58. The Morgan fingerprint density at radius 1 is 1.45 bits per heavy atom. The zero-order valence-corrected chi connectivity index (χ0v) is 13.1. The van der Waals surface area contributed by atoms with E-state index in [9.17, 15) is 9.59 Å². The Morgan fingerprint density at radius 3 is 2.80 bits per heavy atom. The van der Waals surface area contributed by atoms with Crippen LogP contribution in [0.4, 0.5) is 0 Å². The van der Waals surface area contributed by atoms with E-state index in [4.69, 9.17) is 12.2 Å². The summed E-state index contributed by atoms with van der Waals surface area (Å²) in [7, 11) is 0. The van der Waals surface area contributed by atoms with Crippen molar-refractivity contribution in [3.63, 3.8) is 0 Å². The quantitative estimate of drug-likeness (QED) is 0.863. The van der Waals surface area contributed by atoms with E-state index in [1.54, 1.807) is 11.0 Å². The van der Waals surface area contributed by atoms with Gasteiger partial charge in [-0.05, 0) is 37.5 Å². The first kappa shape index (κ1) is 14.9. The van der Waals surface area contributed by atoms with E-state index in [1.165, 1.54) is 15.9 Å². The Kier molecular flexibility index (Phi) is 4.72. The molecule has 20 heavy (non-hydrogen) atoms. The summed E-state index contributed by atoms with van der Waals surface area (Å²) in [6, 6.07) is 1.77. The lowest BCUT2D eigenvalue weighted by molar-refractivity contribution is -0.131. The predicted molar refractivity (Wildman–Crippen MR) is 83.8 cm³/mol. The highest BCUT2D eigenvalue weighted by Crippen LogP contribution is 2.14. The molecule has 0 atom stereocenters. The smallest absolute Gasteiger partial charge is 0.263 e. The van der Waals surface area contributed by atoms with Crippen molar-refractivity contribution in [3.8, 4) is 0 Å². The Balaban J connectivity index is 2.24. The Morgan fingerprint density at radius 2 is 2.15 bits per heavy atom. The fraction of sp³-hybridized carbons (Fsp3) is 0.462. The molecule has 0 bridgehead atoms. The van der Waals surface area contributed by atoms with Crippen LogP contribution in [-0.2, 0) is 11.3 Å². The largest absolute Gasteiger partial charge is 0.343 e. The number of aromatic nitrogens is 2. The molecule has 2 aromatic heterocycles. The van der Waals surface area contributed by atoms with Crippen molar-refractivity contribution in [1.82, 2.24) is 14.5 Å². The summed E-state index contributed by atoms with van der Waals surface area (Å²) in [5.74, 6) is 0.0433. The standard InChI is InChI=1S/C13H17N3O2S2/c1-3-15(4-2)10(17)5-7-16-12(18)9-6-8-20-11(9)14-13(16)19/h6,8H,3-5,7H2,1-2H3,(H,14,19). The summed E-state index contributed by atoms with van der Waals surface area (Å²) in [6.07, 6.45) is 0.286. The van der Waals surface area contributed by atoms with Gasteiger partial charge in [-0.1, -0.05) is 0 Å². The van der Waals surface area contributed by atoms with Gasteiger partial charge in [-0.2, -0.15) is 0 Å². The molecule has 0 unspecified atom stereocenters. The molecule has 108 valence electrons. The number of carbonyl (C=O) groups is 1. The van der Waals surface area contributed by atoms with E-state index in [0.717, 1.165) is 4.83 Å². The van der Waals surface area contributed by atoms with Crippen LogP contribution in [0, 0.1) is 4.77 Å². The normalized spacial score (nSPS) is 10.9. The molecule has 0 saturated carbocycles. The zero-order chi connectivity index (χ0) is 14.7. The molecule has 0 aliphatic heterocycles. The van der Waals surface area contributed by atoms with Gasteiger partial charge in [0.15, 0.2) is 4.77 Å². The first-order valence-corrected chi connectivity index (χ1v) is 7.85. The van der Waals surface area contributed by atoms with E-state index >= 15 is 0 Å². The second-order valence-electron chi connectivity index (χ2n) is 4.37. The summed E-state index contributed by atoms with van der Waals surface area (Å²) in [6.45, 7) is 5.56. The van der Waals surface area contributed by atoms with Crippen LogP contribution in [0.3, 0.4) is 0 Å². The van der Waals surface area contributed by atoms with Crippen molar-refractivity contribution in [2.24, 2.45) is 0 Å². The predicted octanol–water partition coefficient (Wildman–Crippen LogP) is 2.38. The molecule has 1 amide bonds. The van der Waals surface area contributed by atoms with Crippen LogP contribution < -0.4 is 5.56 Å². The van der Waals surface area contributed by atoms with E-state index in [2.05, 4.69) is 4.98 Å². The molecule has 7 heteroatoms. The van der Waals surface area contributed by atoms with Crippen LogP contribution in [0.5, 0.6) is 0 Å². The number of aromatic amines is 1. The van der Waals surface area contributed by atoms with Crippen molar-refractivity contribution >= 4 is 39.7 Å². The monoisotopic (exact) mass is 311 g/mol. The lowest BCUT2D eigenvalue weighted by Gasteiger charge is -2.18. The molecule has 5 nitrogen and oxygen atoms in total. The Hall–Kier alpha value is -1.47. The third kappa shape index (κ3) is 2.83. The molecule has 1 N–H and O–H groups in total. The summed E-state index contributed by atoms with van der Waals surface area (Å²) >= 11 is 6.65. The number of fused-ring (bicyclic) bond motifs is 1. The summed E-state index contributed by atoms with van der Waals surface area (Å²) in [4.78, 5) is 29.8. The molecule has 0 aliphatic carbocycles. The van der Waals surface area contributed by atoms with Crippen molar-refractivity contribution in [2.45, 2.75) is 26.8 Å². The van der Waals surface area contributed by atoms with E-state index in [-0.39, 0.29) is 17.9 Å². The van der Waals surface area contributed by atoms with Gasteiger partial charge in [-0.15, -0.1) is 11.3 Å². The van der Waals surface area contributed by atoms with Gasteiger partial charge in [0.1, 0.15) is 4.83 Å². The van der Waals surface area contributed by atoms with Crippen molar-refractivity contribution < 1.29 is 4.79 Å². The molecule has 0 spiro atoms. The number of hydrogen-bond acceptors (Lipinski definition) is 4. The topological polar surface area (TPSA) is 58.1 Å². The van der Waals surface area contributed by atoms with Crippen LogP contribution in [0.25, 0.3) is 10.2 Å². The number of hydrogen-bond donors (Lipinski definition) is 1. The molecule has 2 rings (SSSR count). The average Bonchev–Trinajstić information content (AvgIpc) is 2.88. The number of carbonyl (C=O) groups excluding carboxylic acids is 1. The molecule has 0 fully saturated rings. The van der Waals surface area contributed by atoms with Crippen LogP contribution >= 0.6 is 23.6 Å². The Bertz CT molecular complexity index is 725. The van der Waals surface area contributed by atoms with Crippen LogP contribution in [0.15, 0.2) is 16.2 Å². The van der Waals surface area contributed by atoms with E-state index in [0.29, 0.717) is 29.8 Å². The molecule has 0 saturated heterocycles. The summed E-state index contributed by atoms with van der Waals surface area (Å²) < 4.78 is 1.84. The van der Waals surface area contributed by atoms with Crippen LogP contribution in [0.2, 0.25) is 0 Å². The molecule has 0 radical (unpaired) electrons. The zero-order valence-electron chi connectivity index (χ0n) is 11.5. The van der Waals surface area contributed by atoms with Gasteiger partial charge < -0.3 is 9.88 Å². The number of thiophene rings is 1. The number of H-pyrrole nitrogens is 1. The molecule has 2 aromatic rings. The van der Waals surface area contributed by atoms with Crippen LogP contribution in [0.1, 0.15) is 20.3 Å². The minimum absolute atomic E-state index is 0.0433. The maximum atomic E-state index is 12.3. The number of nitrogens with one attached hydrogen (secondary N) is 1. The fourth-order valence-corrected chi connectivity index (χ4v) is 3.24. The first-order valence-electron chi connectivity index (χ1n) is 6.56. The molecular weight excluding hydrogens is 294 g/mol. The van der Waals surface area contributed by atoms with Gasteiger partial charge >= 0.3 is 0 Å². The average molecular weight is 311 g/mol. The van der Waals surface area contributed by atoms with E-state index < -0.39 is 0 Å². The minimum atomic E-state index is -0.127. The van der Waals surface area contributed by atoms with Crippen molar-refractivity contribution in [3.05, 3.63) is 26.6 Å². The van der Waals surface area contributed by atoms with Crippen LogP contribution in [-0.4, -0.2) is 33.4 Å². The van der Waals surface area contributed by atoms with Gasteiger partial charge in [0, 0.05) is 26.1 Å². The van der Waals surface area contributed by atoms with Gasteiger partial charge in [-0.25, -0.2) is 0 Å². The lowest BCUT2D eigenvalue weighted by atomic mass is 10.3. The van der Waals surface area contributed by atoms with Gasteiger partial charge in [0.25, 0.3) is 5.56 Å². The highest BCUT2D eigenvalue weighted by atomic mass is 32.1. The number of amides is 1. The van der Waals surface area contributed by atoms with Crippen molar-refractivity contribution in [2.75, 3.05) is 13.1 Å². The van der Waals surface area contributed by atoms with E-state index in [1.807, 2.05) is 19.2 Å². The second-order valence-corrected chi connectivity index (χ2v) is 5.67. The minimum Gasteiger partial charge on any atom is -0.343 e. The number of nitrogens with zero attached hydrogens (tertiary/aromatic N) is 2. The Labute approximate surface area is 125 Å². The van der Waals surface area contributed by atoms with Gasteiger partial charge in [0.05, 0.1) is 5.39 Å². The fourth-order valence-electron chi connectivity index (χ4n) is 2.12. The molecular formula is C13H17N3O2S2. The molecule has 2 heterocycles. The van der Waals surface area contributed by atoms with Gasteiger partial charge in [0.2, 0.25) is 5.91 Å². The SMILES string of the molecule is CCN(CC)C(=O)CCn1c(=S)[nH]c2sccc2c1=O. The lowest BCUT2D eigenvalue weighted by Crippen LogP contribution is -2.32. The van der Waals surface area contributed by atoms with Crippen molar-refractivity contribution in [1.29, 1.82) is 0 Å². The molecule has 0 aliphatic rings. The third-order valence-corrected chi connectivity index (χ3v) is 4.42. The highest BCUT2D eigenvalue weighted by Gasteiger charge is 2.12. The summed E-state index contributed by atoms with van der Waals surface area (Å²) in [5.41, 5.74) is -0.127. The second kappa shape index (κ2) is 6.32.